The molecule has 2 atom stereocenters. The summed E-state index contributed by atoms with van der Waals surface area (Å²) in [6.45, 7) is 4.43. The van der Waals surface area contributed by atoms with Gasteiger partial charge in [0.25, 0.3) is 0 Å². The first-order chi connectivity index (χ1) is 8.11. The fourth-order valence-electron chi connectivity index (χ4n) is 1.82. The SMILES string of the molecule is CC(C)(C)OC(=O)N1CC(C(=O)O)C(C(F)F)C1. The Bertz CT molecular complexity index is 340. The van der Waals surface area contributed by atoms with E-state index in [0.717, 1.165) is 4.90 Å². The molecule has 1 rings (SSSR count). The van der Waals surface area contributed by atoms with E-state index in [4.69, 9.17) is 9.84 Å². The fourth-order valence-corrected chi connectivity index (χ4v) is 1.82. The van der Waals surface area contributed by atoms with Crippen molar-refractivity contribution < 1.29 is 28.2 Å². The Morgan fingerprint density at radius 1 is 1.33 bits per heavy atom. The smallest absolute Gasteiger partial charge is 0.410 e. The molecule has 0 spiro atoms. The molecule has 7 heteroatoms. The molecule has 1 fully saturated rings. The summed E-state index contributed by atoms with van der Waals surface area (Å²) in [5.41, 5.74) is -0.737. The molecule has 1 N–H and O–H groups in total. The number of ether oxygens (including phenoxy) is 1. The number of carbonyl (C=O) groups excluding carboxylic acids is 1. The van der Waals surface area contributed by atoms with Gasteiger partial charge in [-0.2, -0.15) is 0 Å². The van der Waals surface area contributed by atoms with Crippen molar-refractivity contribution in [3.8, 4) is 0 Å². The van der Waals surface area contributed by atoms with Crippen LogP contribution in [0.2, 0.25) is 0 Å². The van der Waals surface area contributed by atoms with Crippen molar-refractivity contribution >= 4 is 12.1 Å². The summed E-state index contributed by atoms with van der Waals surface area (Å²) in [5.74, 6) is -3.89. The number of amides is 1. The number of hydrogen-bond acceptors (Lipinski definition) is 3. The van der Waals surface area contributed by atoms with E-state index in [1.807, 2.05) is 0 Å². The predicted molar refractivity (Wildman–Crippen MR) is 58.4 cm³/mol. The third-order valence-electron chi connectivity index (χ3n) is 2.66. The molecule has 0 aromatic carbocycles. The van der Waals surface area contributed by atoms with E-state index in [1.54, 1.807) is 20.8 Å². The van der Waals surface area contributed by atoms with E-state index in [1.165, 1.54) is 0 Å². The maximum atomic E-state index is 12.7. The Morgan fingerprint density at radius 3 is 2.22 bits per heavy atom. The molecule has 104 valence electrons. The number of carboxylic acid groups (broad SMARTS) is 1. The second kappa shape index (κ2) is 5.07. The molecule has 1 saturated heterocycles. The number of alkyl halides is 2. The van der Waals surface area contributed by atoms with Crippen molar-refractivity contribution in [2.45, 2.75) is 32.8 Å². The standard InChI is InChI=1S/C11H17F2NO4/c1-11(2,3)18-10(17)14-4-6(8(12)13)7(5-14)9(15)16/h6-8H,4-5H2,1-3H3,(H,15,16). The maximum Gasteiger partial charge on any atom is 0.410 e. The Hall–Kier alpha value is -1.40. The average Bonchev–Trinajstić information content (AvgIpc) is 2.58. The maximum absolute atomic E-state index is 12.7. The van der Waals surface area contributed by atoms with Crippen LogP contribution in [-0.2, 0) is 9.53 Å². The van der Waals surface area contributed by atoms with Crippen LogP contribution in [0.15, 0.2) is 0 Å². The van der Waals surface area contributed by atoms with E-state index in [-0.39, 0.29) is 13.1 Å². The molecule has 0 saturated carbocycles. The van der Waals surface area contributed by atoms with Crippen LogP contribution in [0.5, 0.6) is 0 Å². The topological polar surface area (TPSA) is 66.8 Å². The number of aliphatic carboxylic acids is 1. The van der Waals surface area contributed by atoms with Crippen molar-refractivity contribution in [3.05, 3.63) is 0 Å². The van der Waals surface area contributed by atoms with Gasteiger partial charge in [0.2, 0.25) is 6.43 Å². The van der Waals surface area contributed by atoms with Crippen molar-refractivity contribution in [1.82, 2.24) is 4.90 Å². The van der Waals surface area contributed by atoms with Gasteiger partial charge in [-0.1, -0.05) is 0 Å². The molecule has 0 aliphatic carbocycles. The first-order valence-electron chi connectivity index (χ1n) is 5.60. The van der Waals surface area contributed by atoms with E-state index < -0.39 is 35.9 Å². The summed E-state index contributed by atoms with van der Waals surface area (Å²) in [7, 11) is 0. The monoisotopic (exact) mass is 265 g/mol. The lowest BCUT2D eigenvalue weighted by Gasteiger charge is -2.24. The molecule has 1 amide bonds. The van der Waals surface area contributed by atoms with Crippen LogP contribution in [-0.4, -0.2) is 47.2 Å². The van der Waals surface area contributed by atoms with Crippen LogP contribution in [0.4, 0.5) is 13.6 Å². The Morgan fingerprint density at radius 2 is 1.89 bits per heavy atom. The molecule has 0 aromatic heterocycles. The minimum absolute atomic E-state index is 0.237. The summed E-state index contributed by atoms with van der Waals surface area (Å²) >= 11 is 0. The molecule has 1 aliphatic heterocycles. The molecule has 0 aromatic rings. The lowest BCUT2D eigenvalue weighted by Crippen LogP contribution is -2.36. The van der Waals surface area contributed by atoms with Crippen molar-refractivity contribution in [3.63, 3.8) is 0 Å². The van der Waals surface area contributed by atoms with Gasteiger partial charge in [0, 0.05) is 13.1 Å². The molecule has 2 unspecified atom stereocenters. The minimum atomic E-state index is -2.77. The molecular weight excluding hydrogens is 248 g/mol. The number of likely N-dealkylation sites (tertiary alicyclic amines) is 1. The average molecular weight is 265 g/mol. The van der Waals surface area contributed by atoms with Crippen LogP contribution in [0, 0.1) is 11.8 Å². The van der Waals surface area contributed by atoms with Crippen LogP contribution >= 0.6 is 0 Å². The number of rotatable bonds is 2. The van der Waals surface area contributed by atoms with Crippen LogP contribution < -0.4 is 0 Å². The Labute approximate surface area is 104 Å². The third kappa shape index (κ3) is 3.54. The highest BCUT2D eigenvalue weighted by Crippen LogP contribution is 2.30. The number of halogens is 2. The van der Waals surface area contributed by atoms with Gasteiger partial charge in [-0.15, -0.1) is 0 Å². The minimum Gasteiger partial charge on any atom is -0.481 e. The Kier molecular flexibility index (Phi) is 4.13. The van der Waals surface area contributed by atoms with Gasteiger partial charge >= 0.3 is 12.1 Å². The molecule has 0 bridgehead atoms. The number of carbonyl (C=O) groups is 2. The highest BCUT2D eigenvalue weighted by molar-refractivity contribution is 5.74. The highest BCUT2D eigenvalue weighted by atomic mass is 19.3. The van der Waals surface area contributed by atoms with E-state index in [9.17, 15) is 18.4 Å². The van der Waals surface area contributed by atoms with Gasteiger partial charge in [-0.3, -0.25) is 4.79 Å². The third-order valence-corrected chi connectivity index (χ3v) is 2.66. The number of hydrogen-bond donors (Lipinski definition) is 1. The normalized spacial score (nSPS) is 24.4. The quantitative estimate of drug-likeness (QED) is 0.827. The summed E-state index contributed by atoms with van der Waals surface area (Å²) < 4.78 is 30.4. The summed E-state index contributed by atoms with van der Waals surface area (Å²) in [5, 5.41) is 8.85. The Balaban J connectivity index is 2.72. The second-order valence-corrected chi connectivity index (χ2v) is 5.33. The second-order valence-electron chi connectivity index (χ2n) is 5.33. The molecular formula is C11H17F2NO4. The predicted octanol–water partition coefficient (Wildman–Crippen LogP) is 1.82. The van der Waals surface area contributed by atoms with Gasteiger partial charge in [-0.05, 0) is 20.8 Å². The van der Waals surface area contributed by atoms with Crippen LogP contribution in [0.1, 0.15) is 20.8 Å². The highest BCUT2D eigenvalue weighted by Gasteiger charge is 2.45. The van der Waals surface area contributed by atoms with Crippen molar-refractivity contribution in [1.29, 1.82) is 0 Å². The molecule has 18 heavy (non-hydrogen) atoms. The molecule has 1 aliphatic rings. The van der Waals surface area contributed by atoms with Gasteiger partial charge < -0.3 is 14.7 Å². The van der Waals surface area contributed by atoms with E-state index in [2.05, 4.69) is 0 Å². The molecule has 0 radical (unpaired) electrons. The number of carboxylic acids is 1. The first kappa shape index (κ1) is 14.7. The summed E-state index contributed by atoms with van der Waals surface area (Å²) in [4.78, 5) is 23.5. The first-order valence-corrected chi connectivity index (χ1v) is 5.60. The van der Waals surface area contributed by atoms with Crippen LogP contribution in [0.3, 0.4) is 0 Å². The lowest BCUT2D eigenvalue weighted by atomic mass is 9.97. The zero-order valence-corrected chi connectivity index (χ0v) is 10.5. The van der Waals surface area contributed by atoms with Crippen molar-refractivity contribution in [2.75, 3.05) is 13.1 Å². The fraction of sp³-hybridized carbons (Fsp3) is 0.818. The molecule has 1 heterocycles. The zero-order chi connectivity index (χ0) is 14.1. The van der Waals surface area contributed by atoms with Gasteiger partial charge in [-0.25, -0.2) is 13.6 Å². The van der Waals surface area contributed by atoms with E-state index in [0.29, 0.717) is 0 Å². The zero-order valence-electron chi connectivity index (χ0n) is 10.5. The summed E-state index contributed by atoms with van der Waals surface area (Å²) in [6.07, 6.45) is -3.52. The van der Waals surface area contributed by atoms with Gasteiger partial charge in [0.05, 0.1) is 11.8 Å². The molecule has 5 nitrogen and oxygen atoms in total. The lowest BCUT2D eigenvalue weighted by molar-refractivity contribution is -0.144. The van der Waals surface area contributed by atoms with E-state index >= 15 is 0 Å². The van der Waals surface area contributed by atoms with Crippen molar-refractivity contribution in [2.24, 2.45) is 11.8 Å². The summed E-state index contributed by atoms with van der Waals surface area (Å²) in [6, 6.07) is 0. The van der Waals surface area contributed by atoms with Gasteiger partial charge in [0.15, 0.2) is 0 Å². The number of nitrogens with zero attached hydrogens (tertiary/aromatic N) is 1. The van der Waals surface area contributed by atoms with Gasteiger partial charge in [0.1, 0.15) is 5.60 Å². The largest absolute Gasteiger partial charge is 0.481 e. The van der Waals surface area contributed by atoms with Crippen LogP contribution in [0.25, 0.3) is 0 Å².